The number of aromatic nitrogens is 1. The third-order valence-corrected chi connectivity index (χ3v) is 4.96. The average Bonchev–Trinajstić information content (AvgIpc) is 3.04. The highest BCUT2D eigenvalue weighted by Gasteiger charge is 2.30. The third kappa shape index (κ3) is 5.00. The summed E-state index contributed by atoms with van der Waals surface area (Å²) in [4.78, 5) is 28.0. The monoisotopic (exact) mass is 420 g/mol. The van der Waals surface area contributed by atoms with Crippen LogP contribution in [0.2, 0.25) is 0 Å². The predicted molar refractivity (Wildman–Crippen MR) is 103 cm³/mol. The highest BCUT2D eigenvalue weighted by Crippen LogP contribution is 2.33. The molecule has 0 saturated heterocycles. The molecule has 0 spiro atoms. The number of halogens is 3. The zero-order chi connectivity index (χ0) is 21.2. The van der Waals surface area contributed by atoms with E-state index >= 15 is 0 Å². The molecule has 0 atom stereocenters. The molecule has 150 valence electrons. The van der Waals surface area contributed by atoms with E-state index in [4.69, 9.17) is 5.11 Å². The van der Waals surface area contributed by atoms with Gasteiger partial charge in [-0.1, -0.05) is 24.3 Å². The quantitative estimate of drug-likeness (QED) is 0.608. The number of carbonyl (C=O) groups excluding carboxylic acids is 1. The Balaban J connectivity index is 1.83. The number of carboxylic acids is 1. The van der Waals surface area contributed by atoms with Crippen molar-refractivity contribution in [3.63, 3.8) is 0 Å². The Morgan fingerprint density at radius 1 is 1.07 bits per heavy atom. The van der Waals surface area contributed by atoms with Crippen LogP contribution in [0, 0.1) is 6.92 Å². The Hall–Kier alpha value is -3.20. The Bertz CT molecular complexity index is 1040. The fraction of sp³-hybridized carbons (Fsp3) is 0.150. The normalized spacial score (nSPS) is 11.3. The molecule has 2 N–H and O–H groups in total. The maximum absolute atomic E-state index is 12.8. The molecule has 0 unspecified atom stereocenters. The van der Waals surface area contributed by atoms with Gasteiger partial charge in [-0.3, -0.25) is 9.59 Å². The number of amides is 1. The summed E-state index contributed by atoms with van der Waals surface area (Å²) < 4.78 is 38.3. The average molecular weight is 420 g/mol. The van der Waals surface area contributed by atoms with Crippen LogP contribution in [0.4, 0.5) is 18.9 Å². The van der Waals surface area contributed by atoms with E-state index in [-0.39, 0.29) is 11.3 Å². The lowest BCUT2D eigenvalue weighted by atomic mass is 10.1. The summed E-state index contributed by atoms with van der Waals surface area (Å²) in [7, 11) is 0. The van der Waals surface area contributed by atoms with Gasteiger partial charge >= 0.3 is 12.1 Å². The van der Waals surface area contributed by atoms with Crippen LogP contribution >= 0.6 is 11.3 Å². The first kappa shape index (κ1) is 20.5. The summed E-state index contributed by atoms with van der Waals surface area (Å²) in [6.45, 7) is 1.70. The van der Waals surface area contributed by atoms with Crippen molar-refractivity contribution in [2.24, 2.45) is 0 Å². The number of aliphatic carboxylic acids is 1. The zero-order valence-corrected chi connectivity index (χ0v) is 15.9. The Morgan fingerprint density at radius 3 is 2.24 bits per heavy atom. The molecule has 0 radical (unpaired) electrons. The molecule has 29 heavy (non-hydrogen) atoms. The fourth-order valence-corrected chi connectivity index (χ4v) is 3.50. The summed E-state index contributed by atoms with van der Waals surface area (Å²) >= 11 is 1.13. The molecule has 0 fully saturated rings. The van der Waals surface area contributed by atoms with E-state index in [0.717, 1.165) is 23.5 Å². The molecule has 1 amide bonds. The number of carboxylic acid groups (broad SMARTS) is 1. The molecule has 1 heterocycles. The van der Waals surface area contributed by atoms with Crippen LogP contribution in [0.15, 0.2) is 48.5 Å². The summed E-state index contributed by atoms with van der Waals surface area (Å²) in [5.41, 5.74) is 0.995. The van der Waals surface area contributed by atoms with Crippen molar-refractivity contribution in [2.75, 3.05) is 5.32 Å². The summed E-state index contributed by atoms with van der Waals surface area (Å²) in [6, 6.07) is 10.8. The number of benzene rings is 2. The maximum atomic E-state index is 12.8. The number of alkyl halides is 3. The molecular weight excluding hydrogens is 405 g/mol. The minimum atomic E-state index is -4.44. The van der Waals surface area contributed by atoms with Crippen molar-refractivity contribution in [3.05, 3.63) is 69.5 Å². The molecule has 9 heteroatoms. The summed E-state index contributed by atoms with van der Waals surface area (Å²) in [6.07, 6.45) is -4.57. The van der Waals surface area contributed by atoms with Crippen molar-refractivity contribution in [1.29, 1.82) is 0 Å². The smallest absolute Gasteiger partial charge is 0.416 e. The first-order chi connectivity index (χ1) is 13.6. The number of carbonyl (C=O) groups is 2. The van der Waals surface area contributed by atoms with Crippen molar-refractivity contribution in [3.8, 4) is 11.3 Å². The minimum Gasteiger partial charge on any atom is -0.481 e. The van der Waals surface area contributed by atoms with E-state index in [1.54, 1.807) is 31.2 Å². The van der Waals surface area contributed by atoms with Crippen LogP contribution in [0.25, 0.3) is 11.3 Å². The van der Waals surface area contributed by atoms with Gasteiger partial charge in [0, 0.05) is 11.3 Å². The first-order valence-corrected chi connectivity index (χ1v) is 9.22. The Morgan fingerprint density at radius 2 is 1.69 bits per heavy atom. The zero-order valence-electron chi connectivity index (χ0n) is 15.1. The lowest BCUT2D eigenvalue weighted by Gasteiger charge is -2.08. The van der Waals surface area contributed by atoms with Crippen molar-refractivity contribution in [1.82, 2.24) is 4.98 Å². The SMILES string of the molecule is Cc1nc(-c2ccc(C(F)(F)F)cc2)c(C(=O)Nc2ccc(CC(=O)O)cc2)s1. The van der Waals surface area contributed by atoms with Gasteiger partial charge < -0.3 is 10.4 Å². The molecular formula is C20H15F3N2O3S. The molecule has 3 rings (SSSR count). The van der Waals surface area contributed by atoms with Gasteiger partial charge in [0.25, 0.3) is 5.91 Å². The van der Waals surface area contributed by atoms with Crippen LogP contribution in [0.3, 0.4) is 0 Å². The van der Waals surface area contributed by atoms with Crippen LogP contribution < -0.4 is 5.32 Å². The second-order valence-corrected chi connectivity index (χ2v) is 7.41. The molecule has 0 aliphatic heterocycles. The molecule has 2 aromatic carbocycles. The molecule has 0 aliphatic carbocycles. The van der Waals surface area contributed by atoms with Crippen molar-refractivity contribution < 1.29 is 27.9 Å². The van der Waals surface area contributed by atoms with Gasteiger partial charge in [0.2, 0.25) is 0 Å². The van der Waals surface area contributed by atoms with Gasteiger partial charge in [-0.25, -0.2) is 4.98 Å². The highest BCUT2D eigenvalue weighted by molar-refractivity contribution is 7.14. The number of aryl methyl sites for hydroxylation is 1. The van der Waals surface area contributed by atoms with Gasteiger partial charge in [-0.2, -0.15) is 13.2 Å². The molecule has 5 nitrogen and oxygen atoms in total. The van der Waals surface area contributed by atoms with E-state index in [9.17, 15) is 22.8 Å². The summed E-state index contributed by atoms with van der Waals surface area (Å²) in [5.74, 6) is -1.40. The fourth-order valence-electron chi connectivity index (χ4n) is 2.66. The number of hydrogen-bond acceptors (Lipinski definition) is 4. The molecule has 0 saturated carbocycles. The first-order valence-electron chi connectivity index (χ1n) is 8.40. The van der Waals surface area contributed by atoms with Crippen LogP contribution in [-0.2, 0) is 17.4 Å². The minimum absolute atomic E-state index is 0.125. The van der Waals surface area contributed by atoms with Crippen LogP contribution in [-0.4, -0.2) is 22.0 Å². The number of hydrogen-bond donors (Lipinski definition) is 2. The van der Waals surface area contributed by atoms with E-state index in [1.807, 2.05) is 0 Å². The van der Waals surface area contributed by atoms with Gasteiger partial charge in [0.15, 0.2) is 0 Å². The number of nitrogens with zero attached hydrogens (tertiary/aromatic N) is 1. The van der Waals surface area contributed by atoms with Crippen LogP contribution in [0.5, 0.6) is 0 Å². The van der Waals surface area contributed by atoms with Crippen molar-refractivity contribution >= 4 is 28.9 Å². The van der Waals surface area contributed by atoms with Gasteiger partial charge in [0.1, 0.15) is 4.88 Å². The number of nitrogens with one attached hydrogen (secondary N) is 1. The highest BCUT2D eigenvalue weighted by atomic mass is 32.1. The largest absolute Gasteiger partial charge is 0.481 e. The number of thiazole rings is 1. The maximum Gasteiger partial charge on any atom is 0.416 e. The molecule has 0 aliphatic rings. The van der Waals surface area contributed by atoms with E-state index in [1.165, 1.54) is 12.1 Å². The van der Waals surface area contributed by atoms with Crippen LogP contribution in [0.1, 0.15) is 25.8 Å². The van der Waals surface area contributed by atoms with E-state index in [0.29, 0.717) is 27.5 Å². The Kier molecular flexibility index (Phi) is 5.69. The van der Waals surface area contributed by atoms with E-state index < -0.39 is 23.6 Å². The third-order valence-electron chi connectivity index (χ3n) is 3.99. The van der Waals surface area contributed by atoms with Gasteiger partial charge in [-0.05, 0) is 36.8 Å². The number of rotatable bonds is 5. The molecule has 1 aromatic heterocycles. The summed E-state index contributed by atoms with van der Waals surface area (Å²) in [5, 5.41) is 12.1. The van der Waals surface area contributed by atoms with Crippen molar-refractivity contribution in [2.45, 2.75) is 19.5 Å². The standard InChI is InChI=1S/C20H15F3N2O3S/c1-11-24-17(13-4-6-14(7-5-13)20(21,22)23)18(29-11)19(28)25-15-8-2-12(3-9-15)10-16(26)27/h2-9H,10H2,1H3,(H,25,28)(H,26,27). The molecule has 3 aromatic rings. The second kappa shape index (κ2) is 8.04. The lowest BCUT2D eigenvalue weighted by molar-refractivity contribution is -0.138. The van der Waals surface area contributed by atoms with E-state index in [2.05, 4.69) is 10.3 Å². The number of anilines is 1. The van der Waals surface area contributed by atoms with Gasteiger partial charge in [-0.15, -0.1) is 11.3 Å². The van der Waals surface area contributed by atoms with Gasteiger partial charge in [0.05, 0.1) is 22.7 Å². The molecule has 0 bridgehead atoms. The lowest BCUT2D eigenvalue weighted by Crippen LogP contribution is -2.11. The predicted octanol–water partition coefficient (Wildman–Crippen LogP) is 5.02. The topological polar surface area (TPSA) is 79.3 Å². The Labute approximate surface area is 167 Å². The second-order valence-electron chi connectivity index (χ2n) is 6.21.